The van der Waals surface area contributed by atoms with Crippen LogP contribution in [0.4, 0.5) is 0 Å². The summed E-state index contributed by atoms with van der Waals surface area (Å²) in [5.41, 5.74) is 0.223. The fourth-order valence-corrected chi connectivity index (χ4v) is 7.41. The quantitative estimate of drug-likeness (QED) is 0.398. The van der Waals surface area contributed by atoms with E-state index in [2.05, 4.69) is 5.32 Å². The maximum Gasteiger partial charge on any atom is 0.329 e. The second-order valence-electron chi connectivity index (χ2n) is 10.7. The maximum atomic E-state index is 12.6. The van der Waals surface area contributed by atoms with Crippen molar-refractivity contribution in [1.82, 2.24) is 10.2 Å². The van der Waals surface area contributed by atoms with Crippen LogP contribution in [0.15, 0.2) is 12.2 Å². The summed E-state index contributed by atoms with van der Waals surface area (Å²) in [6.07, 6.45) is 12.5. The van der Waals surface area contributed by atoms with E-state index in [9.17, 15) is 19.2 Å². The van der Waals surface area contributed by atoms with Crippen molar-refractivity contribution < 1.29 is 23.9 Å². The summed E-state index contributed by atoms with van der Waals surface area (Å²) in [6.45, 7) is 1.78. The summed E-state index contributed by atoms with van der Waals surface area (Å²) >= 11 is 0. The van der Waals surface area contributed by atoms with Gasteiger partial charge in [0.15, 0.2) is 6.61 Å². The summed E-state index contributed by atoms with van der Waals surface area (Å²) in [5, 5.41) is 2.99. The molecule has 1 N–H and O–H groups in total. The molecule has 0 unspecified atom stereocenters. The number of esters is 1. The van der Waals surface area contributed by atoms with Gasteiger partial charge in [-0.2, -0.15) is 0 Å². The Hall–Kier alpha value is -2.18. The zero-order valence-corrected chi connectivity index (χ0v) is 18.2. The maximum absolute atomic E-state index is 12.6. The Morgan fingerprint density at radius 1 is 1.03 bits per heavy atom. The summed E-state index contributed by atoms with van der Waals surface area (Å²) < 4.78 is 5.19. The first-order valence-electron chi connectivity index (χ1n) is 11.8. The van der Waals surface area contributed by atoms with Crippen molar-refractivity contribution in [1.29, 1.82) is 0 Å². The van der Waals surface area contributed by atoms with E-state index in [1.165, 1.54) is 45.4 Å². The average molecular weight is 429 g/mol. The number of fused-ring (bicyclic) bond motifs is 1. The molecule has 0 aromatic heterocycles. The second-order valence-corrected chi connectivity index (χ2v) is 10.7. The summed E-state index contributed by atoms with van der Waals surface area (Å²) in [4.78, 5) is 51.2. The lowest BCUT2D eigenvalue weighted by Crippen LogP contribution is -2.51. The van der Waals surface area contributed by atoms with Gasteiger partial charge in [-0.25, -0.2) is 4.79 Å². The normalized spacial score (nSPS) is 38.9. The van der Waals surface area contributed by atoms with Gasteiger partial charge in [-0.15, -0.1) is 0 Å². The summed E-state index contributed by atoms with van der Waals surface area (Å²) in [5.74, 6) is 0.0491. The van der Waals surface area contributed by atoms with Crippen molar-refractivity contribution >= 4 is 23.7 Å². The Morgan fingerprint density at radius 2 is 1.55 bits per heavy atom. The predicted octanol–water partition coefficient (Wildman–Crippen LogP) is 2.20. The molecule has 1 heterocycles. The number of hydrogen-bond acceptors (Lipinski definition) is 5. The SMILES string of the molecule is C[C@@H](C(=O)OCC(=O)NCC12CC3CC(CC(C3)C1)C2)N1C(=O)[C@H]2CC=CC[C@@H]2C1=O. The zero-order valence-electron chi connectivity index (χ0n) is 18.2. The smallest absolute Gasteiger partial charge is 0.329 e. The minimum atomic E-state index is -1.01. The van der Waals surface area contributed by atoms with Crippen LogP contribution in [0.3, 0.4) is 0 Å². The molecule has 6 aliphatic rings. The first kappa shape index (κ1) is 20.7. The summed E-state index contributed by atoms with van der Waals surface area (Å²) in [7, 11) is 0. The number of nitrogens with one attached hydrogen (secondary N) is 1. The first-order chi connectivity index (χ1) is 14.8. The molecule has 7 nitrogen and oxygen atoms in total. The van der Waals surface area contributed by atoms with Crippen LogP contribution in [0.5, 0.6) is 0 Å². The lowest BCUT2D eigenvalue weighted by Gasteiger charge is -2.56. The fraction of sp³-hybridized carbons (Fsp3) is 0.750. The highest BCUT2D eigenvalue weighted by Gasteiger charge is 2.51. The van der Waals surface area contributed by atoms with Gasteiger partial charge < -0.3 is 10.1 Å². The lowest BCUT2D eigenvalue weighted by molar-refractivity contribution is -0.159. The molecule has 0 aromatic carbocycles. The van der Waals surface area contributed by atoms with Crippen LogP contribution in [0, 0.1) is 35.0 Å². The van der Waals surface area contributed by atoms with Crippen molar-refractivity contribution in [2.75, 3.05) is 13.2 Å². The molecule has 5 fully saturated rings. The molecule has 4 bridgehead atoms. The monoisotopic (exact) mass is 428 g/mol. The van der Waals surface area contributed by atoms with Crippen molar-refractivity contribution in [3.8, 4) is 0 Å². The van der Waals surface area contributed by atoms with E-state index in [-0.39, 0.29) is 41.6 Å². The highest BCUT2D eigenvalue weighted by atomic mass is 16.5. The van der Waals surface area contributed by atoms with Gasteiger partial charge in [0.2, 0.25) is 11.8 Å². The number of imide groups is 1. The number of amides is 3. The lowest BCUT2D eigenvalue weighted by atomic mass is 9.49. The van der Waals surface area contributed by atoms with Crippen molar-refractivity contribution in [3.63, 3.8) is 0 Å². The number of carbonyl (C=O) groups is 4. The zero-order chi connectivity index (χ0) is 21.8. The molecule has 0 aromatic rings. The molecule has 1 aliphatic heterocycles. The molecule has 168 valence electrons. The van der Waals surface area contributed by atoms with Crippen LogP contribution >= 0.6 is 0 Å². The average Bonchev–Trinajstić information content (AvgIpc) is 2.99. The number of allylic oxidation sites excluding steroid dienone is 2. The Labute approximate surface area is 182 Å². The standard InChI is InChI=1S/C24H32N2O5/c1-14(26-21(28)18-4-2-3-5-19(18)22(26)29)23(30)31-12-20(27)25-13-24-9-15-6-16(10-24)8-17(7-15)11-24/h2-3,14-19H,4-13H2,1H3,(H,25,27)/t14-,15?,16?,17?,18-,19-,24?/m0/s1. The summed E-state index contributed by atoms with van der Waals surface area (Å²) in [6, 6.07) is -1.01. The molecule has 0 spiro atoms. The van der Waals surface area contributed by atoms with Gasteiger partial charge in [0.05, 0.1) is 11.8 Å². The molecule has 31 heavy (non-hydrogen) atoms. The van der Waals surface area contributed by atoms with E-state index < -0.39 is 12.0 Å². The van der Waals surface area contributed by atoms with Gasteiger partial charge in [-0.05, 0) is 81.5 Å². The Bertz CT molecular complexity index is 773. The molecule has 7 heteroatoms. The van der Waals surface area contributed by atoms with E-state index in [4.69, 9.17) is 4.74 Å². The first-order valence-corrected chi connectivity index (χ1v) is 11.8. The molecule has 1 saturated heterocycles. The predicted molar refractivity (Wildman–Crippen MR) is 111 cm³/mol. The fourth-order valence-electron chi connectivity index (χ4n) is 7.41. The minimum absolute atomic E-state index is 0.223. The molecular formula is C24H32N2O5. The van der Waals surface area contributed by atoms with Crippen molar-refractivity contribution in [3.05, 3.63) is 12.2 Å². The van der Waals surface area contributed by atoms with Crippen molar-refractivity contribution in [2.45, 2.75) is 64.3 Å². The van der Waals surface area contributed by atoms with Crippen LogP contribution in [-0.4, -0.2) is 47.8 Å². The second kappa shape index (κ2) is 7.75. The highest BCUT2D eigenvalue weighted by Crippen LogP contribution is 2.59. The third kappa shape index (κ3) is 3.70. The Morgan fingerprint density at radius 3 is 2.06 bits per heavy atom. The number of carbonyl (C=O) groups excluding carboxylic acids is 4. The minimum Gasteiger partial charge on any atom is -0.454 e. The number of rotatable bonds is 6. The van der Waals surface area contributed by atoms with E-state index in [0.29, 0.717) is 19.4 Å². The van der Waals surface area contributed by atoms with Crippen LogP contribution in [0.1, 0.15) is 58.3 Å². The topological polar surface area (TPSA) is 92.8 Å². The number of nitrogens with zero attached hydrogens (tertiary/aromatic N) is 1. The third-order valence-electron chi connectivity index (χ3n) is 8.44. The number of likely N-dealkylation sites (tertiary alicyclic amines) is 1. The van der Waals surface area contributed by atoms with E-state index >= 15 is 0 Å². The van der Waals surface area contributed by atoms with Gasteiger partial charge in [0.25, 0.3) is 5.91 Å². The number of ether oxygens (including phenoxy) is 1. The van der Waals surface area contributed by atoms with Crippen LogP contribution in [0.25, 0.3) is 0 Å². The molecule has 3 amide bonds. The van der Waals surface area contributed by atoms with E-state index in [0.717, 1.165) is 22.7 Å². The van der Waals surface area contributed by atoms with E-state index in [1.807, 2.05) is 12.2 Å². The van der Waals surface area contributed by atoms with Crippen LogP contribution in [0.2, 0.25) is 0 Å². The van der Waals surface area contributed by atoms with Gasteiger partial charge >= 0.3 is 5.97 Å². The van der Waals surface area contributed by atoms with Crippen LogP contribution < -0.4 is 5.32 Å². The molecule has 5 aliphatic carbocycles. The van der Waals surface area contributed by atoms with Crippen LogP contribution in [-0.2, 0) is 23.9 Å². The largest absolute Gasteiger partial charge is 0.454 e. The van der Waals surface area contributed by atoms with Gasteiger partial charge in [0, 0.05) is 6.54 Å². The highest BCUT2D eigenvalue weighted by molar-refractivity contribution is 6.08. The molecule has 6 rings (SSSR count). The Kier molecular flexibility index (Phi) is 5.18. The van der Waals surface area contributed by atoms with Gasteiger partial charge in [-0.1, -0.05) is 12.2 Å². The number of hydrogen-bond donors (Lipinski definition) is 1. The Balaban J connectivity index is 1.11. The molecule has 3 atom stereocenters. The molecule has 0 radical (unpaired) electrons. The molecule has 4 saturated carbocycles. The molecular weight excluding hydrogens is 396 g/mol. The third-order valence-corrected chi connectivity index (χ3v) is 8.44. The van der Waals surface area contributed by atoms with Gasteiger partial charge in [0.1, 0.15) is 6.04 Å². The van der Waals surface area contributed by atoms with Crippen molar-refractivity contribution in [2.24, 2.45) is 35.0 Å². The van der Waals surface area contributed by atoms with Gasteiger partial charge in [-0.3, -0.25) is 19.3 Å². The van der Waals surface area contributed by atoms with E-state index in [1.54, 1.807) is 0 Å².